The maximum Gasteiger partial charge on any atom is 0.339 e. The number of likely N-dealkylation sites (tertiary alicyclic amines) is 1. The van der Waals surface area contributed by atoms with Crippen molar-refractivity contribution in [2.75, 3.05) is 18.4 Å². The third-order valence-electron chi connectivity index (χ3n) is 3.86. The minimum Gasteiger partial charge on any atom is -0.478 e. The van der Waals surface area contributed by atoms with Gasteiger partial charge in [-0.15, -0.1) is 0 Å². The van der Waals surface area contributed by atoms with Gasteiger partial charge in [-0.05, 0) is 19.8 Å². The number of carbonyl (C=O) groups excluding carboxylic acids is 2. The third kappa shape index (κ3) is 3.24. The normalized spacial score (nSPS) is 15.8. The Hall–Kier alpha value is -2.31. The summed E-state index contributed by atoms with van der Waals surface area (Å²) in [6.07, 6.45) is 2.68. The van der Waals surface area contributed by atoms with E-state index in [9.17, 15) is 14.4 Å². The number of hydrogen-bond donors (Lipinski definition) is 3. The number of carbonyl (C=O) groups is 3. The first-order chi connectivity index (χ1) is 9.90. The van der Waals surface area contributed by atoms with Gasteiger partial charge in [0.15, 0.2) is 0 Å². The number of aryl methyl sites for hydroxylation is 1. The van der Waals surface area contributed by atoms with Crippen LogP contribution in [0.2, 0.25) is 0 Å². The number of anilines is 1. The van der Waals surface area contributed by atoms with Crippen LogP contribution in [0.3, 0.4) is 0 Å². The highest BCUT2D eigenvalue weighted by Crippen LogP contribution is 2.23. The molecule has 0 aliphatic carbocycles. The average Bonchev–Trinajstić information content (AvgIpc) is 2.79. The fraction of sp³-hybridized carbons (Fsp3) is 0.500. The van der Waals surface area contributed by atoms with Crippen LogP contribution in [0.5, 0.6) is 0 Å². The number of rotatable bonds is 3. The molecule has 0 saturated carbocycles. The molecular formula is C14H19N3O4. The molecule has 7 nitrogen and oxygen atoms in total. The van der Waals surface area contributed by atoms with Gasteiger partial charge in [-0.25, -0.2) is 4.79 Å². The van der Waals surface area contributed by atoms with Gasteiger partial charge >= 0.3 is 5.97 Å². The van der Waals surface area contributed by atoms with Crippen LogP contribution in [0.15, 0.2) is 6.20 Å². The third-order valence-corrected chi connectivity index (χ3v) is 3.86. The minimum absolute atomic E-state index is 0.0169. The van der Waals surface area contributed by atoms with Gasteiger partial charge in [-0.2, -0.15) is 0 Å². The number of carboxylic acid groups (broad SMARTS) is 1. The number of piperidine rings is 1. The quantitative estimate of drug-likeness (QED) is 0.779. The molecule has 3 N–H and O–H groups in total. The zero-order valence-electron chi connectivity index (χ0n) is 12.1. The summed E-state index contributed by atoms with van der Waals surface area (Å²) in [5.41, 5.74) is 0.882. The largest absolute Gasteiger partial charge is 0.478 e. The number of H-pyrrole nitrogens is 1. The second kappa shape index (κ2) is 5.99. The highest BCUT2D eigenvalue weighted by atomic mass is 16.4. The molecule has 1 aliphatic rings. The zero-order valence-corrected chi connectivity index (χ0v) is 12.1. The standard InChI is InChI=1S/C14H19N3O4/c1-8-12(14(20)21)11(7-15-8)16-13(19)10-3-5-17(6-4-10)9(2)18/h7,10,15H,3-6H2,1-2H3,(H,16,19)(H,20,21). The number of nitrogens with one attached hydrogen (secondary N) is 2. The van der Waals surface area contributed by atoms with E-state index in [2.05, 4.69) is 10.3 Å². The molecule has 0 spiro atoms. The molecule has 1 aromatic rings. The predicted molar refractivity (Wildman–Crippen MR) is 76.1 cm³/mol. The average molecular weight is 293 g/mol. The molecule has 0 atom stereocenters. The van der Waals surface area contributed by atoms with Crippen molar-refractivity contribution in [1.29, 1.82) is 0 Å². The Morgan fingerprint density at radius 1 is 1.33 bits per heavy atom. The Kier molecular flexibility index (Phi) is 4.30. The van der Waals surface area contributed by atoms with Crippen LogP contribution in [-0.2, 0) is 9.59 Å². The van der Waals surface area contributed by atoms with Crippen molar-refractivity contribution in [2.24, 2.45) is 5.92 Å². The predicted octanol–water partition coefficient (Wildman–Crippen LogP) is 1.22. The molecule has 7 heteroatoms. The van der Waals surface area contributed by atoms with Gasteiger partial charge in [0.05, 0.1) is 5.69 Å². The van der Waals surface area contributed by atoms with Gasteiger partial charge in [-0.3, -0.25) is 9.59 Å². The van der Waals surface area contributed by atoms with Crippen LogP contribution in [0.25, 0.3) is 0 Å². The first-order valence-electron chi connectivity index (χ1n) is 6.87. The van der Waals surface area contributed by atoms with E-state index in [1.54, 1.807) is 11.8 Å². The molecule has 114 valence electrons. The fourth-order valence-corrected chi connectivity index (χ4v) is 2.59. The summed E-state index contributed by atoms with van der Waals surface area (Å²) in [6, 6.07) is 0. The molecule has 1 fully saturated rings. The smallest absolute Gasteiger partial charge is 0.339 e. The van der Waals surface area contributed by atoms with Gasteiger partial charge in [0.25, 0.3) is 0 Å². The van der Waals surface area contributed by atoms with Crippen molar-refractivity contribution in [1.82, 2.24) is 9.88 Å². The second-order valence-electron chi connectivity index (χ2n) is 5.28. The SMILES string of the molecule is CC(=O)N1CCC(C(=O)Nc2c[nH]c(C)c2C(=O)O)CC1. The van der Waals surface area contributed by atoms with E-state index in [0.717, 1.165) is 0 Å². The number of hydrogen-bond acceptors (Lipinski definition) is 3. The number of aromatic nitrogens is 1. The molecule has 21 heavy (non-hydrogen) atoms. The number of aromatic carboxylic acids is 1. The lowest BCUT2D eigenvalue weighted by Gasteiger charge is -2.30. The number of nitrogens with zero attached hydrogens (tertiary/aromatic N) is 1. The summed E-state index contributed by atoms with van der Waals surface area (Å²) < 4.78 is 0. The molecule has 1 aliphatic heterocycles. The van der Waals surface area contributed by atoms with Gasteiger partial charge in [0.2, 0.25) is 11.8 Å². The summed E-state index contributed by atoms with van der Waals surface area (Å²) >= 11 is 0. The molecule has 0 unspecified atom stereocenters. The van der Waals surface area contributed by atoms with E-state index in [1.807, 2.05) is 0 Å². The molecule has 0 aromatic carbocycles. The van der Waals surface area contributed by atoms with E-state index in [1.165, 1.54) is 13.1 Å². The van der Waals surface area contributed by atoms with E-state index in [0.29, 0.717) is 37.3 Å². The number of aromatic amines is 1. The van der Waals surface area contributed by atoms with Gasteiger partial charge in [0, 0.05) is 37.8 Å². The van der Waals surface area contributed by atoms with E-state index < -0.39 is 5.97 Å². The van der Waals surface area contributed by atoms with Gasteiger partial charge < -0.3 is 20.3 Å². The summed E-state index contributed by atoms with van der Waals surface area (Å²) in [5.74, 6) is -1.45. The monoisotopic (exact) mass is 293 g/mol. The highest BCUT2D eigenvalue weighted by Gasteiger charge is 2.27. The van der Waals surface area contributed by atoms with Crippen molar-refractivity contribution in [2.45, 2.75) is 26.7 Å². The van der Waals surface area contributed by atoms with Gasteiger partial charge in [0.1, 0.15) is 5.56 Å². The molecule has 1 saturated heterocycles. The lowest BCUT2D eigenvalue weighted by molar-refractivity contribution is -0.132. The Labute approximate surface area is 122 Å². The second-order valence-corrected chi connectivity index (χ2v) is 5.28. The topological polar surface area (TPSA) is 103 Å². The maximum atomic E-state index is 12.2. The zero-order chi connectivity index (χ0) is 15.6. The summed E-state index contributed by atoms with van der Waals surface area (Å²) in [5, 5.41) is 11.8. The molecule has 0 radical (unpaired) electrons. The maximum absolute atomic E-state index is 12.2. The highest BCUT2D eigenvalue weighted by molar-refractivity contribution is 6.02. The molecule has 2 rings (SSSR count). The summed E-state index contributed by atoms with van der Waals surface area (Å²) in [6.45, 7) is 4.28. The molecule has 1 aromatic heterocycles. The molecule has 2 heterocycles. The molecule has 0 bridgehead atoms. The lowest BCUT2D eigenvalue weighted by Crippen LogP contribution is -2.40. The Bertz CT molecular complexity index is 571. The van der Waals surface area contributed by atoms with E-state index >= 15 is 0 Å². The van der Waals surface area contributed by atoms with Crippen molar-refractivity contribution in [3.63, 3.8) is 0 Å². The Morgan fingerprint density at radius 3 is 2.48 bits per heavy atom. The number of amides is 2. The Morgan fingerprint density at radius 2 is 1.95 bits per heavy atom. The van der Waals surface area contributed by atoms with E-state index in [-0.39, 0.29) is 23.3 Å². The van der Waals surface area contributed by atoms with Crippen LogP contribution in [-0.4, -0.2) is 45.9 Å². The van der Waals surface area contributed by atoms with Gasteiger partial charge in [-0.1, -0.05) is 0 Å². The number of carboxylic acids is 1. The van der Waals surface area contributed by atoms with Crippen molar-refractivity contribution >= 4 is 23.5 Å². The first kappa shape index (κ1) is 15.1. The van der Waals surface area contributed by atoms with Crippen LogP contribution in [0.4, 0.5) is 5.69 Å². The van der Waals surface area contributed by atoms with Crippen LogP contribution in [0, 0.1) is 12.8 Å². The van der Waals surface area contributed by atoms with Crippen LogP contribution < -0.4 is 5.32 Å². The molecule has 2 amide bonds. The van der Waals surface area contributed by atoms with Crippen LogP contribution >= 0.6 is 0 Å². The minimum atomic E-state index is -1.07. The van der Waals surface area contributed by atoms with Crippen molar-refractivity contribution in [3.05, 3.63) is 17.5 Å². The fourth-order valence-electron chi connectivity index (χ4n) is 2.59. The van der Waals surface area contributed by atoms with Crippen molar-refractivity contribution < 1.29 is 19.5 Å². The lowest BCUT2D eigenvalue weighted by atomic mass is 9.95. The summed E-state index contributed by atoms with van der Waals surface area (Å²) in [4.78, 5) is 39.1. The van der Waals surface area contributed by atoms with E-state index in [4.69, 9.17) is 5.11 Å². The Balaban J connectivity index is 2.00. The first-order valence-corrected chi connectivity index (χ1v) is 6.87. The summed E-state index contributed by atoms with van der Waals surface area (Å²) in [7, 11) is 0. The van der Waals surface area contributed by atoms with Crippen molar-refractivity contribution in [3.8, 4) is 0 Å². The molecular weight excluding hydrogens is 274 g/mol. The van der Waals surface area contributed by atoms with Crippen LogP contribution in [0.1, 0.15) is 35.8 Å².